The Morgan fingerprint density at radius 2 is 2.04 bits per heavy atom. The van der Waals surface area contributed by atoms with Gasteiger partial charge in [-0.1, -0.05) is 11.8 Å². The molecular formula is C18H19N7S. The Kier molecular flexibility index (Phi) is 3.99. The second-order valence-corrected chi connectivity index (χ2v) is 7.25. The molecule has 0 amide bonds. The Bertz CT molecular complexity index is 906. The van der Waals surface area contributed by atoms with Crippen molar-refractivity contribution < 1.29 is 0 Å². The molecule has 5 rings (SSSR count). The molecule has 0 aromatic carbocycles. The molecule has 0 unspecified atom stereocenters. The summed E-state index contributed by atoms with van der Waals surface area (Å²) in [5.41, 5.74) is 4.30. The van der Waals surface area contributed by atoms with Crippen molar-refractivity contribution in [1.82, 2.24) is 25.5 Å². The van der Waals surface area contributed by atoms with E-state index < -0.39 is 0 Å². The van der Waals surface area contributed by atoms with Gasteiger partial charge in [-0.2, -0.15) is 5.10 Å². The molecule has 1 saturated heterocycles. The number of aromatic nitrogens is 4. The Balaban J connectivity index is 1.44. The van der Waals surface area contributed by atoms with Crippen LogP contribution < -0.4 is 15.1 Å². The largest absolute Gasteiger partial charge is 0.369 e. The van der Waals surface area contributed by atoms with Crippen LogP contribution in [0, 0.1) is 0 Å². The highest BCUT2D eigenvalue weighted by molar-refractivity contribution is 7.99. The molecule has 5 heterocycles. The number of nitrogens with one attached hydrogen (secondary N) is 2. The monoisotopic (exact) mass is 365 g/mol. The van der Waals surface area contributed by atoms with Gasteiger partial charge in [-0.3, -0.25) is 5.10 Å². The van der Waals surface area contributed by atoms with E-state index in [1.807, 2.05) is 18.5 Å². The standard InChI is InChI=1S/C18H19N7S/c1-2-16-18(23-15(1)13-10-21-22-11-13)26-12-25(16)17-9-14(3-4-20-17)24-7-5-19-6-8-24/h1-4,9-11,19H,5-8,12H2,(H,21,22). The van der Waals surface area contributed by atoms with Crippen LogP contribution in [0.2, 0.25) is 0 Å². The quantitative estimate of drug-likeness (QED) is 0.739. The first-order valence-electron chi connectivity index (χ1n) is 8.71. The molecule has 3 aromatic rings. The van der Waals surface area contributed by atoms with E-state index in [4.69, 9.17) is 4.98 Å². The average Bonchev–Trinajstić information content (AvgIpc) is 3.38. The molecule has 7 nitrogen and oxygen atoms in total. The fraction of sp³-hybridized carbons (Fsp3) is 0.278. The molecule has 26 heavy (non-hydrogen) atoms. The van der Waals surface area contributed by atoms with Gasteiger partial charge in [0.05, 0.1) is 23.5 Å². The molecule has 0 radical (unpaired) electrons. The second kappa shape index (κ2) is 6.62. The first kappa shape index (κ1) is 15.7. The number of piperazine rings is 1. The van der Waals surface area contributed by atoms with Gasteiger partial charge in [-0.05, 0) is 18.2 Å². The first-order chi connectivity index (χ1) is 12.9. The van der Waals surface area contributed by atoms with Gasteiger partial charge in [0.2, 0.25) is 0 Å². The van der Waals surface area contributed by atoms with Crippen molar-refractivity contribution in [2.75, 3.05) is 41.9 Å². The number of aromatic amines is 1. The van der Waals surface area contributed by atoms with Crippen LogP contribution in [0.4, 0.5) is 17.2 Å². The highest BCUT2D eigenvalue weighted by atomic mass is 32.2. The molecule has 0 bridgehead atoms. The third kappa shape index (κ3) is 2.81. The molecule has 0 saturated carbocycles. The van der Waals surface area contributed by atoms with Crippen molar-refractivity contribution in [2.45, 2.75) is 5.03 Å². The second-order valence-electron chi connectivity index (χ2n) is 6.32. The van der Waals surface area contributed by atoms with Crippen LogP contribution in [-0.4, -0.2) is 52.2 Å². The predicted molar refractivity (Wildman–Crippen MR) is 104 cm³/mol. The number of rotatable bonds is 3. The van der Waals surface area contributed by atoms with E-state index in [-0.39, 0.29) is 0 Å². The van der Waals surface area contributed by atoms with Crippen LogP contribution >= 0.6 is 11.8 Å². The lowest BCUT2D eigenvalue weighted by Crippen LogP contribution is -2.43. The van der Waals surface area contributed by atoms with Gasteiger partial charge in [-0.15, -0.1) is 0 Å². The highest BCUT2D eigenvalue weighted by Crippen LogP contribution is 2.42. The van der Waals surface area contributed by atoms with Gasteiger partial charge >= 0.3 is 0 Å². The average molecular weight is 365 g/mol. The van der Waals surface area contributed by atoms with E-state index in [0.717, 1.165) is 59.8 Å². The smallest absolute Gasteiger partial charge is 0.135 e. The maximum atomic E-state index is 4.80. The van der Waals surface area contributed by atoms with Crippen LogP contribution in [0.5, 0.6) is 0 Å². The number of H-pyrrole nitrogens is 1. The van der Waals surface area contributed by atoms with Gasteiger partial charge in [0, 0.05) is 55.9 Å². The van der Waals surface area contributed by atoms with Gasteiger partial charge in [0.25, 0.3) is 0 Å². The molecule has 132 valence electrons. The zero-order valence-electron chi connectivity index (χ0n) is 14.2. The summed E-state index contributed by atoms with van der Waals surface area (Å²) in [6, 6.07) is 8.46. The van der Waals surface area contributed by atoms with Crippen molar-refractivity contribution in [2.24, 2.45) is 0 Å². The van der Waals surface area contributed by atoms with Crippen molar-refractivity contribution in [3.63, 3.8) is 0 Å². The number of nitrogens with zero attached hydrogens (tertiary/aromatic N) is 5. The van der Waals surface area contributed by atoms with Crippen LogP contribution in [0.3, 0.4) is 0 Å². The summed E-state index contributed by atoms with van der Waals surface area (Å²) in [7, 11) is 0. The van der Waals surface area contributed by atoms with Crippen LogP contribution in [-0.2, 0) is 0 Å². The first-order valence-corrected chi connectivity index (χ1v) is 9.69. The molecule has 0 spiro atoms. The maximum Gasteiger partial charge on any atom is 0.135 e. The number of hydrogen-bond acceptors (Lipinski definition) is 7. The zero-order valence-corrected chi connectivity index (χ0v) is 15.0. The fourth-order valence-electron chi connectivity index (χ4n) is 3.36. The van der Waals surface area contributed by atoms with Crippen LogP contribution in [0.15, 0.2) is 47.9 Å². The molecule has 2 aliphatic heterocycles. The Hall–Kier alpha value is -2.58. The van der Waals surface area contributed by atoms with E-state index in [1.165, 1.54) is 5.69 Å². The summed E-state index contributed by atoms with van der Waals surface area (Å²) >= 11 is 1.74. The van der Waals surface area contributed by atoms with Crippen molar-refractivity contribution >= 4 is 29.0 Å². The predicted octanol–water partition coefficient (Wildman–Crippen LogP) is 2.48. The van der Waals surface area contributed by atoms with Crippen LogP contribution in [0.25, 0.3) is 11.3 Å². The van der Waals surface area contributed by atoms with Gasteiger partial charge in [0.1, 0.15) is 10.8 Å². The number of thioether (sulfide) groups is 1. The zero-order chi connectivity index (χ0) is 17.3. The van der Waals surface area contributed by atoms with E-state index in [2.05, 4.69) is 48.5 Å². The lowest BCUT2D eigenvalue weighted by Gasteiger charge is -2.30. The number of hydrogen-bond donors (Lipinski definition) is 2. The van der Waals surface area contributed by atoms with Crippen LogP contribution in [0.1, 0.15) is 0 Å². The Morgan fingerprint density at radius 3 is 2.88 bits per heavy atom. The lowest BCUT2D eigenvalue weighted by atomic mass is 10.2. The lowest BCUT2D eigenvalue weighted by molar-refractivity contribution is 0.589. The SMILES string of the molecule is c1cc(N2CCNCC2)cc(N2CSc3nc(-c4cn[nH]c4)ccc32)n1. The maximum absolute atomic E-state index is 4.80. The molecule has 1 fully saturated rings. The molecule has 0 atom stereocenters. The molecule has 3 aromatic heterocycles. The summed E-state index contributed by atoms with van der Waals surface area (Å²) < 4.78 is 0. The third-order valence-electron chi connectivity index (χ3n) is 4.74. The topological polar surface area (TPSA) is 73.0 Å². The van der Waals surface area contributed by atoms with Gasteiger partial charge in [-0.25, -0.2) is 9.97 Å². The van der Waals surface area contributed by atoms with E-state index in [1.54, 1.807) is 18.0 Å². The number of pyridine rings is 2. The summed E-state index contributed by atoms with van der Waals surface area (Å²) in [6.45, 7) is 4.12. The van der Waals surface area contributed by atoms with Crippen molar-refractivity contribution in [3.8, 4) is 11.3 Å². The molecule has 2 N–H and O–H groups in total. The minimum Gasteiger partial charge on any atom is -0.369 e. The Labute approximate surface area is 155 Å². The van der Waals surface area contributed by atoms with E-state index in [9.17, 15) is 0 Å². The van der Waals surface area contributed by atoms with Crippen molar-refractivity contribution in [3.05, 3.63) is 42.9 Å². The number of fused-ring (bicyclic) bond motifs is 1. The molecule has 0 aliphatic carbocycles. The molecule has 8 heteroatoms. The molecule has 2 aliphatic rings. The summed E-state index contributed by atoms with van der Waals surface area (Å²) in [5, 5.41) is 11.3. The molecular weight excluding hydrogens is 346 g/mol. The third-order valence-corrected chi connectivity index (χ3v) is 5.70. The van der Waals surface area contributed by atoms with Gasteiger partial charge < -0.3 is 15.1 Å². The summed E-state index contributed by atoms with van der Waals surface area (Å²) in [4.78, 5) is 14.1. The summed E-state index contributed by atoms with van der Waals surface area (Å²) in [6.07, 6.45) is 5.57. The normalized spacial score (nSPS) is 16.8. The van der Waals surface area contributed by atoms with Crippen molar-refractivity contribution in [1.29, 1.82) is 0 Å². The van der Waals surface area contributed by atoms with E-state index >= 15 is 0 Å². The minimum absolute atomic E-state index is 0.829. The fourth-order valence-corrected chi connectivity index (χ4v) is 4.37. The van der Waals surface area contributed by atoms with E-state index in [0.29, 0.717) is 0 Å². The van der Waals surface area contributed by atoms with Gasteiger partial charge in [0.15, 0.2) is 0 Å². The number of anilines is 3. The Morgan fingerprint density at radius 1 is 1.12 bits per heavy atom. The highest BCUT2D eigenvalue weighted by Gasteiger charge is 2.25. The summed E-state index contributed by atoms with van der Waals surface area (Å²) in [5.74, 6) is 1.81. The minimum atomic E-state index is 0.829.